The molecule has 0 bridgehead atoms. The van der Waals surface area contributed by atoms with E-state index in [-0.39, 0.29) is 0 Å². The van der Waals surface area contributed by atoms with Crippen molar-refractivity contribution in [3.8, 4) is 5.75 Å². The van der Waals surface area contributed by atoms with Gasteiger partial charge in [0.15, 0.2) is 0 Å². The van der Waals surface area contributed by atoms with E-state index in [1.807, 2.05) is 48.5 Å². The standard InChI is InChI=1S/C13H9O/c14-13-11-7-3-1-5-9(11)10-6-2-4-8-12(10)13/h1-8,14H/q-1. The molecular weight excluding hydrogens is 172 g/mol. The first-order chi connectivity index (χ1) is 6.88. The van der Waals surface area contributed by atoms with Gasteiger partial charge >= 0.3 is 0 Å². The molecule has 0 aliphatic carbocycles. The lowest BCUT2D eigenvalue weighted by molar-refractivity contribution is 0.488. The quantitative estimate of drug-likeness (QED) is 0.527. The molecule has 1 nitrogen and oxygen atoms in total. The van der Waals surface area contributed by atoms with Gasteiger partial charge in [-0.1, -0.05) is 35.0 Å². The van der Waals surface area contributed by atoms with Gasteiger partial charge in [-0.05, 0) is 0 Å². The zero-order chi connectivity index (χ0) is 9.54. The van der Waals surface area contributed by atoms with E-state index in [9.17, 15) is 5.11 Å². The van der Waals surface area contributed by atoms with Crippen LogP contribution < -0.4 is 0 Å². The minimum absolute atomic E-state index is 0.399. The molecule has 14 heavy (non-hydrogen) atoms. The number of hydrogen-bond donors (Lipinski definition) is 1. The van der Waals surface area contributed by atoms with Crippen molar-refractivity contribution in [3.63, 3.8) is 0 Å². The highest BCUT2D eigenvalue weighted by molar-refractivity contribution is 6.17. The summed E-state index contributed by atoms with van der Waals surface area (Å²) in [6, 6.07) is 15.9. The first-order valence-electron chi connectivity index (χ1n) is 4.63. The first kappa shape index (κ1) is 7.51. The topological polar surface area (TPSA) is 20.2 Å². The molecule has 0 amide bonds. The van der Waals surface area contributed by atoms with Gasteiger partial charge in [-0.2, -0.15) is 0 Å². The molecular formula is C13H9O-. The van der Waals surface area contributed by atoms with E-state index in [1.165, 1.54) is 0 Å². The molecule has 0 aliphatic rings. The van der Waals surface area contributed by atoms with Crippen LogP contribution in [0.1, 0.15) is 0 Å². The smallest absolute Gasteiger partial charge is 0.0583 e. The zero-order valence-corrected chi connectivity index (χ0v) is 7.57. The highest BCUT2D eigenvalue weighted by Gasteiger charge is 2.00. The highest BCUT2D eigenvalue weighted by atomic mass is 16.3. The van der Waals surface area contributed by atoms with E-state index in [4.69, 9.17) is 0 Å². The fourth-order valence-corrected chi connectivity index (χ4v) is 1.99. The van der Waals surface area contributed by atoms with Gasteiger partial charge in [0.05, 0.1) is 5.75 Å². The van der Waals surface area contributed by atoms with Gasteiger partial charge in [0.2, 0.25) is 0 Å². The third-order valence-electron chi connectivity index (χ3n) is 2.65. The monoisotopic (exact) mass is 181 g/mol. The second-order valence-corrected chi connectivity index (χ2v) is 3.44. The van der Waals surface area contributed by atoms with Crippen molar-refractivity contribution in [2.24, 2.45) is 0 Å². The van der Waals surface area contributed by atoms with Crippen LogP contribution in [0.15, 0.2) is 48.5 Å². The van der Waals surface area contributed by atoms with Crippen molar-refractivity contribution in [3.05, 3.63) is 48.5 Å². The number of rotatable bonds is 0. The van der Waals surface area contributed by atoms with E-state index >= 15 is 0 Å². The van der Waals surface area contributed by atoms with Crippen LogP contribution in [0.5, 0.6) is 5.75 Å². The Balaban J connectivity index is 2.69. The Hall–Kier alpha value is -1.89. The summed E-state index contributed by atoms with van der Waals surface area (Å²) in [6.07, 6.45) is 0. The van der Waals surface area contributed by atoms with Gasteiger partial charge in [0.25, 0.3) is 0 Å². The summed E-state index contributed by atoms with van der Waals surface area (Å²) in [4.78, 5) is 0. The van der Waals surface area contributed by atoms with Crippen LogP contribution in [0.4, 0.5) is 0 Å². The first-order valence-corrected chi connectivity index (χ1v) is 4.63. The van der Waals surface area contributed by atoms with Gasteiger partial charge in [0, 0.05) is 0 Å². The normalized spacial score (nSPS) is 11.1. The van der Waals surface area contributed by atoms with Crippen LogP contribution >= 0.6 is 0 Å². The maximum absolute atomic E-state index is 9.95. The van der Waals surface area contributed by atoms with E-state index in [1.54, 1.807) is 0 Å². The van der Waals surface area contributed by atoms with E-state index in [2.05, 4.69) is 0 Å². The van der Waals surface area contributed by atoms with Gasteiger partial charge in [-0.25, -0.2) is 0 Å². The minimum Gasteiger partial charge on any atom is -0.523 e. The summed E-state index contributed by atoms with van der Waals surface area (Å²) in [5.41, 5.74) is 0. The third-order valence-corrected chi connectivity index (χ3v) is 2.65. The molecule has 1 N–H and O–H groups in total. The molecule has 3 aromatic rings. The fraction of sp³-hybridized carbons (Fsp3) is 0. The van der Waals surface area contributed by atoms with Crippen LogP contribution in [0, 0.1) is 0 Å². The average molecular weight is 181 g/mol. The average Bonchev–Trinajstić information content (AvgIpc) is 2.55. The molecule has 0 radical (unpaired) electrons. The van der Waals surface area contributed by atoms with Crippen LogP contribution in [-0.2, 0) is 0 Å². The third kappa shape index (κ3) is 0.814. The summed E-state index contributed by atoms with van der Waals surface area (Å²) >= 11 is 0. The largest absolute Gasteiger partial charge is 0.523 e. The summed E-state index contributed by atoms with van der Waals surface area (Å²) in [5, 5.41) is 14.1. The van der Waals surface area contributed by atoms with E-state index in [0.29, 0.717) is 5.75 Å². The maximum atomic E-state index is 9.95. The van der Waals surface area contributed by atoms with Gasteiger partial charge < -0.3 is 5.11 Å². The lowest BCUT2D eigenvalue weighted by Gasteiger charge is -1.96. The number of aromatic hydroxyl groups is 1. The number of hydrogen-bond acceptors (Lipinski definition) is 1. The summed E-state index contributed by atoms with van der Waals surface area (Å²) < 4.78 is 0. The maximum Gasteiger partial charge on any atom is 0.0583 e. The molecule has 0 aromatic heterocycles. The van der Waals surface area contributed by atoms with Crippen molar-refractivity contribution in [2.75, 3.05) is 0 Å². The SMILES string of the molecule is Oc1c2ccccc2c2cccc[c-]12. The molecule has 0 saturated carbocycles. The van der Waals surface area contributed by atoms with Gasteiger partial charge in [-0.3, -0.25) is 0 Å². The van der Waals surface area contributed by atoms with Crippen molar-refractivity contribution in [2.45, 2.75) is 0 Å². The Morgan fingerprint density at radius 1 is 0.857 bits per heavy atom. The molecule has 0 fully saturated rings. The summed E-state index contributed by atoms with van der Waals surface area (Å²) in [7, 11) is 0. The Morgan fingerprint density at radius 3 is 2.43 bits per heavy atom. The fourth-order valence-electron chi connectivity index (χ4n) is 1.99. The van der Waals surface area contributed by atoms with Crippen molar-refractivity contribution in [1.82, 2.24) is 0 Å². The Labute approximate surface area is 81.6 Å². The molecule has 3 aromatic carbocycles. The molecule has 3 rings (SSSR count). The second kappa shape index (κ2) is 2.55. The minimum atomic E-state index is 0.399. The lowest BCUT2D eigenvalue weighted by Crippen LogP contribution is -1.62. The summed E-state index contributed by atoms with van der Waals surface area (Å²) in [5.74, 6) is 0.399. The molecule has 0 unspecified atom stereocenters. The molecule has 0 heterocycles. The Bertz CT molecular complexity index is 551. The van der Waals surface area contributed by atoms with E-state index < -0.39 is 0 Å². The number of fused-ring (bicyclic) bond motifs is 3. The van der Waals surface area contributed by atoms with Crippen molar-refractivity contribution in [1.29, 1.82) is 0 Å². The van der Waals surface area contributed by atoms with Crippen LogP contribution in [0.3, 0.4) is 0 Å². The predicted octanol–water partition coefficient (Wildman–Crippen LogP) is 3.42. The molecule has 1 heteroatoms. The second-order valence-electron chi connectivity index (χ2n) is 3.44. The lowest BCUT2D eigenvalue weighted by atomic mass is 10.2. The Kier molecular flexibility index (Phi) is 1.37. The molecule has 68 valence electrons. The van der Waals surface area contributed by atoms with Crippen LogP contribution in [0.2, 0.25) is 0 Å². The number of benzene rings is 2. The Morgan fingerprint density at radius 2 is 1.57 bits per heavy atom. The highest BCUT2D eigenvalue weighted by Crippen LogP contribution is 2.38. The zero-order valence-electron chi connectivity index (χ0n) is 7.57. The molecule has 0 saturated heterocycles. The van der Waals surface area contributed by atoms with Gasteiger partial charge in [-0.15, -0.1) is 35.0 Å². The van der Waals surface area contributed by atoms with Gasteiger partial charge in [0.1, 0.15) is 0 Å². The van der Waals surface area contributed by atoms with Crippen LogP contribution in [0.25, 0.3) is 21.5 Å². The van der Waals surface area contributed by atoms with Crippen LogP contribution in [-0.4, -0.2) is 5.11 Å². The van der Waals surface area contributed by atoms with Crippen molar-refractivity contribution >= 4 is 21.5 Å². The van der Waals surface area contributed by atoms with E-state index in [0.717, 1.165) is 21.5 Å². The molecule has 0 aliphatic heterocycles. The molecule has 0 atom stereocenters. The summed E-state index contributed by atoms with van der Waals surface area (Å²) in [6.45, 7) is 0. The predicted molar refractivity (Wildman–Crippen MR) is 58.7 cm³/mol. The van der Waals surface area contributed by atoms with Crippen molar-refractivity contribution < 1.29 is 5.11 Å². The molecule has 0 spiro atoms.